The zero-order chi connectivity index (χ0) is 15.8. The summed E-state index contributed by atoms with van der Waals surface area (Å²) in [4.78, 5) is 0. The highest BCUT2D eigenvalue weighted by Gasteiger charge is 2.54. The molecule has 9 nitrogen and oxygen atoms in total. The van der Waals surface area contributed by atoms with E-state index in [9.17, 15) is 30.8 Å². The molecule has 0 spiro atoms. The largest absolute Gasteiger partial charge is 0.394 e. The molecular formula is C12H19NO8. The van der Waals surface area contributed by atoms with Crippen LogP contribution in [0.5, 0.6) is 0 Å². The van der Waals surface area contributed by atoms with Gasteiger partial charge in [0.05, 0.1) is 12.7 Å². The maximum Gasteiger partial charge on any atom is 0.188 e. The van der Waals surface area contributed by atoms with Crippen molar-refractivity contribution in [2.24, 2.45) is 0 Å². The van der Waals surface area contributed by atoms with Crippen LogP contribution in [0, 0.1) is 11.3 Å². The van der Waals surface area contributed by atoms with Crippen LogP contribution in [0.1, 0.15) is 12.8 Å². The Kier molecular flexibility index (Phi) is 4.82. The summed E-state index contributed by atoms with van der Waals surface area (Å²) < 4.78 is 10.4. The smallest absolute Gasteiger partial charge is 0.188 e. The van der Waals surface area contributed by atoms with Gasteiger partial charge in [-0.2, -0.15) is 5.26 Å². The zero-order valence-electron chi connectivity index (χ0n) is 11.1. The van der Waals surface area contributed by atoms with E-state index in [-0.39, 0.29) is 12.8 Å². The average Bonchev–Trinajstić information content (AvgIpc) is 2.77. The molecule has 0 amide bonds. The van der Waals surface area contributed by atoms with Crippen molar-refractivity contribution >= 4 is 0 Å². The van der Waals surface area contributed by atoms with Gasteiger partial charge in [-0.15, -0.1) is 0 Å². The van der Waals surface area contributed by atoms with E-state index in [4.69, 9.17) is 14.6 Å². The van der Waals surface area contributed by atoms with Gasteiger partial charge in [0.2, 0.25) is 0 Å². The minimum absolute atomic E-state index is 0.0147. The monoisotopic (exact) mass is 305 g/mol. The second-order valence-electron chi connectivity index (χ2n) is 5.37. The maximum atomic E-state index is 9.87. The first-order chi connectivity index (χ1) is 9.86. The molecule has 2 rings (SSSR count). The van der Waals surface area contributed by atoms with Crippen molar-refractivity contribution in [2.45, 2.75) is 61.4 Å². The molecule has 2 fully saturated rings. The summed E-state index contributed by atoms with van der Waals surface area (Å²) >= 11 is 0. The van der Waals surface area contributed by atoms with Crippen LogP contribution in [0.3, 0.4) is 0 Å². The maximum absolute atomic E-state index is 9.87. The summed E-state index contributed by atoms with van der Waals surface area (Å²) in [6, 6.07) is 1.75. The van der Waals surface area contributed by atoms with E-state index in [1.807, 2.05) is 0 Å². The first kappa shape index (κ1) is 16.5. The van der Waals surface area contributed by atoms with Crippen molar-refractivity contribution < 1.29 is 40.1 Å². The lowest BCUT2D eigenvalue weighted by Gasteiger charge is -2.42. The second kappa shape index (κ2) is 6.12. The molecule has 1 aliphatic carbocycles. The molecule has 1 saturated carbocycles. The second-order valence-corrected chi connectivity index (χ2v) is 5.37. The number of aliphatic hydroxyl groups is 6. The highest BCUT2D eigenvalue weighted by Crippen LogP contribution is 2.36. The Balaban J connectivity index is 2.16. The van der Waals surface area contributed by atoms with Crippen molar-refractivity contribution in [3.63, 3.8) is 0 Å². The Labute approximate surface area is 120 Å². The lowest BCUT2D eigenvalue weighted by atomic mass is 9.97. The number of ether oxygens (including phenoxy) is 2. The number of hydrogen-bond donors (Lipinski definition) is 6. The molecule has 0 bridgehead atoms. The molecule has 0 aromatic rings. The molecule has 0 aromatic carbocycles. The van der Waals surface area contributed by atoms with Crippen LogP contribution < -0.4 is 0 Å². The predicted octanol–water partition coefficient (Wildman–Crippen LogP) is -3.42. The van der Waals surface area contributed by atoms with Gasteiger partial charge in [0.15, 0.2) is 11.9 Å². The highest BCUT2D eigenvalue weighted by atomic mass is 16.7. The molecule has 1 aliphatic heterocycles. The molecule has 8 atom stereocenters. The third kappa shape index (κ3) is 2.77. The number of hydrogen-bond acceptors (Lipinski definition) is 9. The van der Waals surface area contributed by atoms with Gasteiger partial charge in [0.25, 0.3) is 0 Å². The van der Waals surface area contributed by atoms with E-state index in [1.54, 1.807) is 6.07 Å². The quantitative estimate of drug-likeness (QED) is 0.311. The Morgan fingerprint density at radius 2 is 1.81 bits per heavy atom. The molecule has 6 N–H and O–H groups in total. The summed E-state index contributed by atoms with van der Waals surface area (Å²) in [7, 11) is 0. The van der Waals surface area contributed by atoms with Crippen LogP contribution in [-0.4, -0.2) is 85.8 Å². The fourth-order valence-corrected chi connectivity index (χ4v) is 2.63. The first-order valence-electron chi connectivity index (χ1n) is 6.62. The summed E-state index contributed by atoms with van der Waals surface area (Å²) in [5, 5.41) is 66.8. The number of nitriles is 1. The van der Waals surface area contributed by atoms with Crippen LogP contribution in [0.25, 0.3) is 0 Å². The Hall–Kier alpha value is -0.830. The van der Waals surface area contributed by atoms with Gasteiger partial charge in [0, 0.05) is 0 Å². The topological polar surface area (TPSA) is 164 Å². The van der Waals surface area contributed by atoms with Crippen LogP contribution in [0.2, 0.25) is 0 Å². The van der Waals surface area contributed by atoms with E-state index >= 15 is 0 Å². The lowest BCUT2D eigenvalue weighted by Crippen LogP contribution is -2.61. The van der Waals surface area contributed by atoms with E-state index in [1.165, 1.54) is 0 Å². The van der Waals surface area contributed by atoms with Gasteiger partial charge in [0.1, 0.15) is 36.6 Å². The van der Waals surface area contributed by atoms with Crippen molar-refractivity contribution in [3.05, 3.63) is 0 Å². The fraction of sp³-hybridized carbons (Fsp3) is 0.917. The number of rotatable bonds is 3. The Bertz CT molecular complexity index is 413. The van der Waals surface area contributed by atoms with Gasteiger partial charge in [-0.25, -0.2) is 0 Å². The van der Waals surface area contributed by atoms with Gasteiger partial charge in [-0.3, -0.25) is 0 Å². The zero-order valence-corrected chi connectivity index (χ0v) is 11.1. The lowest BCUT2D eigenvalue weighted by molar-refractivity contribution is -0.326. The highest BCUT2D eigenvalue weighted by molar-refractivity contribution is 5.14. The number of aliphatic hydroxyl groups excluding tert-OH is 6. The van der Waals surface area contributed by atoms with Crippen LogP contribution in [-0.2, 0) is 9.47 Å². The van der Waals surface area contributed by atoms with Crippen LogP contribution >= 0.6 is 0 Å². The molecule has 21 heavy (non-hydrogen) atoms. The van der Waals surface area contributed by atoms with Crippen molar-refractivity contribution in [1.29, 1.82) is 5.26 Å². The van der Waals surface area contributed by atoms with Gasteiger partial charge in [-0.1, -0.05) is 0 Å². The molecule has 2 aliphatic rings. The van der Waals surface area contributed by atoms with Crippen molar-refractivity contribution in [2.75, 3.05) is 6.61 Å². The van der Waals surface area contributed by atoms with Crippen molar-refractivity contribution in [1.82, 2.24) is 0 Å². The van der Waals surface area contributed by atoms with E-state index in [0.717, 1.165) is 0 Å². The molecular weight excluding hydrogens is 286 g/mol. The fourth-order valence-electron chi connectivity index (χ4n) is 2.63. The van der Waals surface area contributed by atoms with E-state index in [0.29, 0.717) is 0 Å². The number of nitrogens with zero attached hydrogens (tertiary/aromatic N) is 1. The predicted molar refractivity (Wildman–Crippen MR) is 64.4 cm³/mol. The van der Waals surface area contributed by atoms with Crippen molar-refractivity contribution in [3.8, 4) is 6.07 Å². The molecule has 8 unspecified atom stereocenters. The molecule has 0 aromatic heterocycles. The third-order valence-electron chi connectivity index (χ3n) is 4.02. The standard InChI is InChI=1S/C12H19NO8/c13-4-12(2-1-5(15)10(12)19)21-11-9(18)8(17)7(16)6(3-14)20-11/h5-11,14-19H,1-3H2. The minimum Gasteiger partial charge on any atom is -0.394 e. The minimum atomic E-state index is -1.78. The Morgan fingerprint density at radius 1 is 1.14 bits per heavy atom. The Morgan fingerprint density at radius 3 is 2.29 bits per heavy atom. The van der Waals surface area contributed by atoms with Gasteiger partial charge >= 0.3 is 0 Å². The summed E-state index contributed by atoms with van der Waals surface area (Å²) in [5.74, 6) is 0. The van der Waals surface area contributed by atoms with Crippen LogP contribution in [0.4, 0.5) is 0 Å². The summed E-state index contributed by atoms with van der Waals surface area (Å²) in [6.07, 6.45) is -10.0. The first-order valence-corrected chi connectivity index (χ1v) is 6.62. The molecule has 1 heterocycles. The molecule has 9 heteroatoms. The summed E-state index contributed by atoms with van der Waals surface area (Å²) in [5.41, 5.74) is -1.78. The SMILES string of the molecule is N#CC1(OC2OC(CO)C(O)C(O)C2O)CCC(O)C1O. The van der Waals surface area contributed by atoms with E-state index in [2.05, 4.69) is 0 Å². The third-order valence-corrected chi connectivity index (χ3v) is 4.02. The van der Waals surface area contributed by atoms with Gasteiger partial charge in [-0.05, 0) is 12.8 Å². The van der Waals surface area contributed by atoms with E-state index < -0.39 is 55.1 Å². The summed E-state index contributed by atoms with van der Waals surface area (Å²) in [6.45, 7) is -0.629. The molecule has 1 saturated heterocycles. The molecule has 0 radical (unpaired) electrons. The molecule has 120 valence electrons. The van der Waals surface area contributed by atoms with Crippen LogP contribution in [0.15, 0.2) is 0 Å². The normalized spacial score (nSPS) is 50.8. The average molecular weight is 305 g/mol. The van der Waals surface area contributed by atoms with Gasteiger partial charge < -0.3 is 40.1 Å².